The number of quaternary nitrogens is 1. The highest BCUT2D eigenvalue weighted by molar-refractivity contribution is 5.91. The third kappa shape index (κ3) is 4.67. The molecule has 3 nitrogen and oxygen atoms in total. The van der Waals surface area contributed by atoms with Gasteiger partial charge in [0.05, 0.1) is 7.05 Å². The number of aryl methyl sites for hydroxylation is 2. The average molecular weight is 301 g/mol. The molecular weight excluding hydrogens is 279 g/mol. The average Bonchev–Trinajstić information content (AvgIpc) is 2.45. The van der Waals surface area contributed by atoms with Crippen LogP contribution in [0.2, 0.25) is 0 Å². The Morgan fingerprint density at radius 2 is 1.82 bits per heavy atom. The fraction of sp³-hybridized carbons (Fsp3) is 0.278. The SMILES string of the molecule is Cc1ccc(C[NH+](C)CC(=O)Nc2ccc(C)c(F)c2)cc1. The van der Waals surface area contributed by atoms with E-state index < -0.39 is 0 Å². The van der Waals surface area contributed by atoms with E-state index in [-0.39, 0.29) is 11.7 Å². The van der Waals surface area contributed by atoms with Crippen LogP contribution >= 0.6 is 0 Å². The van der Waals surface area contributed by atoms with E-state index >= 15 is 0 Å². The summed E-state index contributed by atoms with van der Waals surface area (Å²) in [5.41, 5.74) is 3.48. The van der Waals surface area contributed by atoms with Crippen molar-refractivity contribution in [3.05, 3.63) is 65.0 Å². The number of likely N-dealkylation sites (N-methyl/N-ethyl adjacent to an activating group) is 1. The molecule has 0 aliphatic rings. The number of rotatable bonds is 5. The van der Waals surface area contributed by atoms with Gasteiger partial charge >= 0.3 is 0 Å². The summed E-state index contributed by atoms with van der Waals surface area (Å²) < 4.78 is 13.5. The van der Waals surface area contributed by atoms with Crippen LogP contribution in [0.1, 0.15) is 16.7 Å². The van der Waals surface area contributed by atoms with Crippen molar-refractivity contribution in [3.63, 3.8) is 0 Å². The van der Waals surface area contributed by atoms with Gasteiger partial charge in [0.15, 0.2) is 6.54 Å². The highest BCUT2D eigenvalue weighted by Crippen LogP contribution is 2.13. The highest BCUT2D eigenvalue weighted by atomic mass is 19.1. The molecule has 0 heterocycles. The van der Waals surface area contributed by atoms with Gasteiger partial charge in [0.25, 0.3) is 5.91 Å². The van der Waals surface area contributed by atoms with Gasteiger partial charge in [-0.3, -0.25) is 4.79 Å². The summed E-state index contributed by atoms with van der Waals surface area (Å²) >= 11 is 0. The number of amides is 1. The topological polar surface area (TPSA) is 33.5 Å². The number of carbonyl (C=O) groups excluding carboxylic acids is 1. The monoisotopic (exact) mass is 301 g/mol. The fourth-order valence-corrected chi connectivity index (χ4v) is 2.27. The molecule has 22 heavy (non-hydrogen) atoms. The second kappa shape index (κ2) is 7.18. The van der Waals surface area contributed by atoms with E-state index in [0.717, 1.165) is 11.4 Å². The molecule has 1 unspecified atom stereocenters. The molecule has 0 aliphatic carbocycles. The van der Waals surface area contributed by atoms with Crippen molar-refractivity contribution in [2.45, 2.75) is 20.4 Å². The first-order valence-corrected chi connectivity index (χ1v) is 7.37. The van der Waals surface area contributed by atoms with Gasteiger partial charge < -0.3 is 10.2 Å². The Bertz CT molecular complexity index is 653. The van der Waals surface area contributed by atoms with Crippen molar-refractivity contribution in [2.24, 2.45) is 0 Å². The van der Waals surface area contributed by atoms with Gasteiger partial charge in [0.2, 0.25) is 0 Å². The molecule has 4 heteroatoms. The van der Waals surface area contributed by atoms with Crippen LogP contribution in [0.15, 0.2) is 42.5 Å². The highest BCUT2D eigenvalue weighted by Gasteiger charge is 2.11. The molecule has 2 rings (SSSR count). The van der Waals surface area contributed by atoms with Crippen LogP contribution in [0.3, 0.4) is 0 Å². The van der Waals surface area contributed by atoms with E-state index in [0.29, 0.717) is 17.8 Å². The minimum absolute atomic E-state index is 0.118. The lowest BCUT2D eigenvalue weighted by molar-refractivity contribution is -0.885. The van der Waals surface area contributed by atoms with Gasteiger partial charge in [-0.2, -0.15) is 0 Å². The third-order valence-corrected chi connectivity index (χ3v) is 3.54. The zero-order valence-corrected chi connectivity index (χ0v) is 13.2. The zero-order valence-electron chi connectivity index (χ0n) is 13.2. The molecule has 0 aromatic heterocycles. The zero-order chi connectivity index (χ0) is 16.1. The molecule has 0 spiro atoms. The van der Waals surface area contributed by atoms with Gasteiger partial charge in [0.1, 0.15) is 12.4 Å². The van der Waals surface area contributed by atoms with Crippen molar-refractivity contribution in [2.75, 3.05) is 18.9 Å². The standard InChI is InChI=1S/C18H21FN2O/c1-13-4-7-15(8-5-13)11-21(3)12-18(22)20-16-9-6-14(2)17(19)10-16/h4-10H,11-12H2,1-3H3,(H,20,22)/p+1. The molecule has 0 aliphatic heterocycles. The molecule has 1 atom stereocenters. The number of nitrogens with one attached hydrogen (secondary N) is 2. The Balaban J connectivity index is 1.88. The van der Waals surface area contributed by atoms with Gasteiger partial charge in [-0.25, -0.2) is 4.39 Å². The minimum Gasteiger partial charge on any atom is -0.326 e. The predicted molar refractivity (Wildman–Crippen MR) is 86.4 cm³/mol. The first-order chi connectivity index (χ1) is 10.4. The molecule has 2 aromatic rings. The van der Waals surface area contributed by atoms with Crippen LogP contribution in [0, 0.1) is 19.7 Å². The molecular formula is C18H22FN2O+. The molecule has 0 bridgehead atoms. The van der Waals surface area contributed by atoms with Crippen LogP contribution in [0.5, 0.6) is 0 Å². The van der Waals surface area contributed by atoms with Crippen LogP contribution in [-0.4, -0.2) is 19.5 Å². The van der Waals surface area contributed by atoms with Crippen molar-refractivity contribution in [1.29, 1.82) is 0 Å². The maximum atomic E-state index is 13.5. The summed E-state index contributed by atoms with van der Waals surface area (Å²) in [6.45, 7) is 4.86. The number of halogens is 1. The van der Waals surface area contributed by atoms with Crippen molar-refractivity contribution >= 4 is 11.6 Å². The van der Waals surface area contributed by atoms with E-state index in [1.807, 2.05) is 7.05 Å². The lowest BCUT2D eigenvalue weighted by Gasteiger charge is -2.14. The number of hydrogen-bond donors (Lipinski definition) is 2. The summed E-state index contributed by atoms with van der Waals surface area (Å²) in [7, 11) is 1.97. The molecule has 0 saturated heterocycles. The van der Waals surface area contributed by atoms with Crippen molar-refractivity contribution in [1.82, 2.24) is 0 Å². The first-order valence-electron chi connectivity index (χ1n) is 7.37. The normalized spacial score (nSPS) is 12.0. The smallest absolute Gasteiger partial charge is 0.279 e. The maximum absolute atomic E-state index is 13.5. The molecule has 2 aromatic carbocycles. The van der Waals surface area contributed by atoms with Gasteiger partial charge in [-0.15, -0.1) is 0 Å². The maximum Gasteiger partial charge on any atom is 0.279 e. The van der Waals surface area contributed by atoms with E-state index in [4.69, 9.17) is 0 Å². The molecule has 1 amide bonds. The first kappa shape index (κ1) is 16.2. The predicted octanol–water partition coefficient (Wildman–Crippen LogP) is 2.10. The quantitative estimate of drug-likeness (QED) is 0.871. The Morgan fingerprint density at radius 3 is 2.45 bits per heavy atom. The number of carbonyl (C=O) groups is 1. The molecule has 116 valence electrons. The lowest BCUT2D eigenvalue weighted by Crippen LogP contribution is -3.08. The van der Waals surface area contributed by atoms with E-state index in [1.54, 1.807) is 19.1 Å². The molecule has 0 fully saturated rings. The molecule has 2 N–H and O–H groups in total. The summed E-state index contributed by atoms with van der Waals surface area (Å²) in [6, 6.07) is 13.0. The Kier molecular flexibility index (Phi) is 5.28. The summed E-state index contributed by atoms with van der Waals surface area (Å²) in [5, 5.41) is 2.74. The summed E-state index contributed by atoms with van der Waals surface area (Å²) in [5.74, 6) is -0.425. The van der Waals surface area contributed by atoms with Crippen LogP contribution in [0.25, 0.3) is 0 Å². The lowest BCUT2D eigenvalue weighted by atomic mass is 10.1. The van der Waals surface area contributed by atoms with E-state index in [1.165, 1.54) is 17.2 Å². The molecule has 0 saturated carbocycles. The molecule has 0 radical (unpaired) electrons. The van der Waals surface area contributed by atoms with Crippen LogP contribution in [0.4, 0.5) is 10.1 Å². The van der Waals surface area contributed by atoms with Gasteiger partial charge in [-0.1, -0.05) is 35.9 Å². The van der Waals surface area contributed by atoms with E-state index in [2.05, 4.69) is 36.5 Å². The van der Waals surface area contributed by atoms with Gasteiger partial charge in [0, 0.05) is 11.3 Å². The second-order valence-corrected chi connectivity index (χ2v) is 5.81. The fourth-order valence-electron chi connectivity index (χ4n) is 2.27. The second-order valence-electron chi connectivity index (χ2n) is 5.81. The number of benzene rings is 2. The van der Waals surface area contributed by atoms with E-state index in [9.17, 15) is 9.18 Å². The van der Waals surface area contributed by atoms with Crippen molar-refractivity contribution < 1.29 is 14.1 Å². The van der Waals surface area contributed by atoms with Crippen LogP contribution in [-0.2, 0) is 11.3 Å². The Hall–Kier alpha value is -2.20. The third-order valence-electron chi connectivity index (χ3n) is 3.54. The van der Waals surface area contributed by atoms with Gasteiger partial charge in [-0.05, 0) is 31.5 Å². The van der Waals surface area contributed by atoms with Crippen molar-refractivity contribution in [3.8, 4) is 0 Å². The summed E-state index contributed by atoms with van der Waals surface area (Å²) in [4.78, 5) is 13.1. The minimum atomic E-state index is -0.307. The summed E-state index contributed by atoms with van der Waals surface area (Å²) in [6.07, 6.45) is 0. The number of hydrogen-bond acceptors (Lipinski definition) is 1. The number of anilines is 1. The largest absolute Gasteiger partial charge is 0.326 e. The Morgan fingerprint density at radius 1 is 1.14 bits per heavy atom. The van der Waals surface area contributed by atoms with Crippen LogP contribution < -0.4 is 10.2 Å². The Labute approximate surface area is 130 Å².